The van der Waals surface area contributed by atoms with E-state index in [2.05, 4.69) is 4.37 Å². The van der Waals surface area contributed by atoms with E-state index in [4.69, 9.17) is 4.74 Å². The number of non-ortho nitro benzene ring substituents is 1. The van der Waals surface area contributed by atoms with Crippen molar-refractivity contribution < 1.29 is 9.66 Å². The molecule has 0 aliphatic heterocycles. The highest BCUT2D eigenvalue weighted by Crippen LogP contribution is 2.28. The molecule has 0 saturated heterocycles. The average Bonchev–Trinajstić information content (AvgIpc) is 2.77. The summed E-state index contributed by atoms with van der Waals surface area (Å²) in [5.74, 6) is 0.554. The maximum atomic E-state index is 10.5. The van der Waals surface area contributed by atoms with E-state index in [1.54, 1.807) is 25.3 Å². The molecule has 1 aromatic heterocycles. The summed E-state index contributed by atoms with van der Waals surface area (Å²) in [6.45, 7) is 0. The van der Waals surface area contributed by atoms with Gasteiger partial charge in [-0.25, -0.2) is 0 Å². The van der Waals surface area contributed by atoms with Gasteiger partial charge in [-0.05, 0) is 29.2 Å². The highest BCUT2D eigenvalue weighted by Gasteiger charge is 2.07. The quantitative estimate of drug-likeness (QED) is 0.607. The molecule has 0 spiro atoms. The predicted octanol–water partition coefficient (Wildman–Crippen LogP) is 2.73. The molecular formula is C10H8N2O3S. The van der Waals surface area contributed by atoms with Gasteiger partial charge in [-0.3, -0.25) is 10.1 Å². The monoisotopic (exact) mass is 236 g/mol. The standard InChI is InChI=1S/C10H8N2O3S/c1-15-10-6-9(16-11-10)7-2-4-8(5-3-7)12(13)14/h2-6H,1H3. The van der Waals surface area contributed by atoms with Crippen molar-refractivity contribution >= 4 is 17.2 Å². The number of nitrogens with zero attached hydrogens (tertiary/aromatic N) is 2. The highest BCUT2D eigenvalue weighted by atomic mass is 32.1. The van der Waals surface area contributed by atoms with Gasteiger partial charge in [-0.2, -0.15) is 4.37 Å². The van der Waals surface area contributed by atoms with E-state index < -0.39 is 4.92 Å². The number of methoxy groups -OCH3 is 1. The number of ether oxygens (including phenoxy) is 1. The van der Waals surface area contributed by atoms with E-state index in [9.17, 15) is 10.1 Å². The van der Waals surface area contributed by atoms with Crippen LogP contribution in [-0.2, 0) is 0 Å². The number of nitro groups is 1. The van der Waals surface area contributed by atoms with Gasteiger partial charge >= 0.3 is 0 Å². The van der Waals surface area contributed by atoms with Crippen molar-refractivity contribution in [2.24, 2.45) is 0 Å². The average molecular weight is 236 g/mol. The zero-order valence-corrected chi connectivity index (χ0v) is 9.23. The van der Waals surface area contributed by atoms with Gasteiger partial charge in [0.25, 0.3) is 5.69 Å². The molecule has 2 rings (SSSR count). The number of hydrogen-bond donors (Lipinski definition) is 0. The molecule has 0 atom stereocenters. The van der Waals surface area contributed by atoms with Crippen molar-refractivity contribution in [2.45, 2.75) is 0 Å². The first-order valence-electron chi connectivity index (χ1n) is 4.46. The fraction of sp³-hybridized carbons (Fsp3) is 0.100. The Morgan fingerprint density at radius 2 is 2.06 bits per heavy atom. The number of rotatable bonds is 3. The first kappa shape index (κ1) is 10.6. The van der Waals surface area contributed by atoms with Gasteiger partial charge in [0.1, 0.15) is 0 Å². The van der Waals surface area contributed by atoms with Crippen LogP contribution in [0.1, 0.15) is 0 Å². The van der Waals surface area contributed by atoms with Crippen molar-refractivity contribution in [1.82, 2.24) is 4.37 Å². The fourth-order valence-electron chi connectivity index (χ4n) is 1.24. The summed E-state index contributed by atoms with van der Waals surface area (Å²) in [7, 11) is 1.55. The third-order valence-electron chi connectivity index (χ3n) is 2.06. The van der Waals surface area contributed by atoms with Crippen LogP contribution in [-0.4, -0.2) is 16.4 Å². The summed E-state index contributed by atoms with van der Waals surface area (Å²) in [6, 6.07) is 8.14. The Morgan fingerprint density at radius 3 is 2.56 bits per heavy atom. The Hall–Kier alpha value is -1.95. The lowest BCUT2D eigenvalue weighted by atomic mass is 10.2. The smallest absolute Gasteiger partial charge is 0.269 e. The molecule has 6 heteroatoms. The fourth-order valence-corrected chi connectivity index (χ4v) is 1.95. The second-order valence-electron chi connectivity index (χ2n) is 3.04. The van der Waals surface area contributed by atoms with E-state index in [-0.39, 0.29) is 5.69 Å². The zero-order valence-electron chi connectivity index (χ0n) is 8.41. The Bertz CT molecular complexity index is 507. The molecule has 16 heavy (non-hydrogen) atoms. The van der Waals surface area contributed by atoms with E-state index in [1.165, 1.54) is 23.7 Å². The molecule has 0 saturated carbocycles. The maximum absolute atomic E-state index is 10.5. The molecule has 0 amide bonds. The molecule has 0 unspecified atom stereocenters. The van der Waals surface area contributed by atoms with Crippen LogP contribution in [0.3, 0.4) is 0 Å². The number of aromatic nitrogens is 1. The van der Waals surface area contributed by atoms with E-state index in [0.717, 1.165) is 10.4 Å². The largest absolute Gasteiger partial charge is 0.480 e. The molecule has 1 aromatic carbocycles. The van der Waals surface area contributed by atoms with Gasteiger partial charge in [0.15, 0.2) is 0 Å². The summed E-state index contributed by atoms with van der Waals surface area (Å²) in [5, 5.41) is 10.5. The Morgan fingerprint density at radius 1 is 1.38 bits per heavy atom. The van der Waals surface area contributed by atoms with Gasteiger partial charge in [0, 0.05) is 18.2 Å². The molecule has 0 radical (unpaired) electrons. The SMILES string of the molecule is COc1cc(-c2ccc([N+](=O)[O-])cc2)sn1. The second-order valence-corrected chi connectivity index (χ2v) is 3.84. The minimum atomic E-state index is -0.420. The Labute approximate surface area is 95.6 Å². The summed E-state index contributed by atoms with van der Waals surface area (Å²) in [4.78, 5) is 11.0. The van der Waals surface area contributed by atoms with Crippen LogP contribution in [0.2, 0.25) is 0 Å². The van der Waals surface area contributed by atoms with Crippen LogP contribution in [0.5, 0.6) is 5.88 Å². The summed E-state index contributed by atoms with van der Waals surface area (Å²) in [5.41, 5.74) is 0.978. The summed E-state index contributed by atoms with van der Waals surface area (Å²) >= 11 is 1.30. The van der Waals surface area contributed by atoms with E-state index >= 15 is 0 Å². The predicted molar refractivity (Wildman–Crippen MR) is 60.8 cm³/mol. The van der Waals surface area contributed by atoms with Crippen LogP contribution in [0.4, 0.5) is 5.69 Å². The van der Waals surface area contributed by atoms with Gasteiger partial charge in [0.05, 0.1) is 16.9 Å². The highest BCUT2D eigenvalue weighted by molar-refractivity contribution is 7.09. The molecule has 0 aliphatic rings. The third kappa shape index (κ3) is 2.01. The van der Waals surface area contributed by atoms with Gasteiger partial charge < -0.3 is 4.74 Å². The summed E-state index contributed by atoms with van der Waals surface area (Å²) < 4.78 is 9.02. The van der Waals surface area contributed by atoms with Crippen molar-refractivity contribution in [2.75, 3.05) is 7.11 Å². The lowest BCUT2D eigenvalue weighted by Crippen LogP contribution is -1.86. The second kappa shape index (κ2) is 4.28. The molecule has 2 aromatic rings. The molecule has 0 aliphatic carbocycles. The van der Waals surface area contributed by atoms with Crippen LogP contribution < -0.4 is 4.74 Å². The lowest BCUT2D eigenvalue weighted by molar-refractivity contribution is -0.384. The molecular weight excluding hydrogens is 228 g/mol. The minimum Gasteiger partial charge on any atom is -0.480 e. The minimum absolute atomic E-state index is 0.0835. The molecule has 0 fully saturated rings. The molecule has 1 heterocycles. The van der Waals surface area contributed by atoms with Gasteiger partial charge in [-0.1, -0.05) is 0 Å². The lowest BCUT2D eigenvalue weighted by Gasteiger charge is -1.95. The molecule has 0 bridgehead atoms. The third-order valence-corrected chi connectivity index (χ3v) is 2.88. The topological polar surface area (TPSA) is 65.3 Å². The van der Waals surface area contributed by atoms with Crippen LogP contribution in [0.15, 0.2) is 30.3 Å². The number of benzene rings is 1. The van der Waals surface area contributed by atoms with Crippen LogP contribution >= 0.6 is 11.5 Å². The molecule has 5 nitrogen and oxygen atoms in total. The zero-order chi connectivity index (χ0) is 11.5. The number of hydrogen-bond acceptors (Lipinski definition) is 5. The van der Waals surface area contributed by atoms with Crippen molar-refractivity contribution in [3.05, 3.63) is 40.4 Å². The Kier molecular flexibility index (Phi) is 2.82. The van der Waals surface area contributed by atoms with Crippen LogP contribution in [0, 0.1) is 10.1 Å². The van der Waals surface area contributed by atoms with E-state index in [1.807, 2.05) is 0 Å². The Balaban J connectivity index is 2.30. The summed E-state index contributed by atoms with van der Waals surface area (Å²) in [6.07, 6.45) is 0. The molecule has 82 valence electrons. The normalized spacial score (nSPS) is 10.1. The first-order valence-corrected chi connectivity index (χ1v) is 5.23. The first-order chi connectivity index (χ1) is 7.70. The molecule has 0 N–H and O–H groups in total. The van der Waals surface area contributed by atoms with Crippen molar-refractivity contribution in [3.8, 4) is 16.3 Å². The maximum Gasteiger partial charge on any atom is 0.269 e. The van der Waals surface area contributed by atoms with Crippen LogP contribution in [0.25, 0.3) is 10.4 Å². The van der Waals surface area contributed by atoms with Gasteiger partial charge in [-0.15, -0.1) is 0 Å². The van der Waals surface area contributed by atoms with E-state index in [0.29, 0.717) is 5.88 Å². The van der Waals surface area contributed by atoms with Crippen molar-refractivity contribution in [1.29, 1.82) is 0 Å². The van der Waals surface area contributed by atoms with Crippen molar-refractivity contribution in [3.63, 3.8) is 0 Å². The van der Waals surface area contributed by atoms with Gasteiger partial charge in [0.2, 0.25) is 5.88 Å². The number of nitro benzene ring substituents is 1.